The van der Waals surface area contributed by atoms with Gasteiger partial charge in [0.15, 0.2) is 0 Å². The van der Waals surface area contributed by atoms with E-state index in [1.165, 1.54) is 22.0 Å². The third-order valence-electron chi connectivity index (χ3n) is 2.86. The van der Waals surface area contributed by atoms with E-state index in [0.717, 1.165) is 10.9 Å². The van der Waals surface area contributed by atoms with Crippen molar-refractivity contribution in [1.29, 1.82) is 0 Å². The summed E-state index contributed by atoms with van der Waals surface area (Å²) in [6.45, 7) is 4.25. The lowest BCUT2D eigenvalue weighted by atomic mass is 10.0. The van der Waals surface area contributed by atoms with Crippen LogP contribution in [-0.4, -0.2) is 4.57 Å². The van der Waals surface area contributed by atoms with E-state index >= 15 is 0 Å². The highest BCUT2D eigenvalue weighted by Gasteiger charge is 2.04. The van der Waals surface area contributed by atoms with Gasteiger partial charge in [-0.05, 0) is 30.5 Å². The van der Waals surface area contributed by atoms with Crippen molar-refractivity contribution in [3.05, 3.63) is 40.0 Å². The van der Waals surface area contributed by atoms with Crippen LogP contribution in [0.5, 0.6) is 0 Å². The maximum absolute atomic E-state index is 5.50. The second-order valence-electron chi connectivity index (χ2n) is 3.92. The van der Waals surface area contributed by atoms with Crippen LogP contribution in [0.4, 0.5) is 0 Å². The van der Waals surface area contributed by atoms with Gasteiger partial charge in [0, 0.05) is 24.1 Å². The van der Waals surface area contributed by atoms with Gasteiger partial charge in [0.25, 0.3) is 0 Å². The summed E-state index contributed by atoms with van der Waals surface area (Å²) in [6.07, 6.45) is 3.13. The normalized spacial score (nSPS) is 10.9. The minimum atomic E-state index is 1.00. The zero-order valence-electron chi connectivity index (χ0n) is 9.37. The van der Waals surface area contributed by atoms with Crippen molar-refractivity contribution in [2.45, 2.75) is 20.3 Å². The van der Waals surface area contributed by atoms with Gasteiger partial charge >= 0.3 is 0 Å². The molecule has 0 saturated carbocycles. The molecule has 0 atom stereocenters. The van der Waals surface area contributed by atoms with Gasteiger partial charge in [-0.2, -0.15) is 0 Å². The van der Waals surface area contributed by atoms with Crippen molar-refractivity contribution in [2.24, 2.45) is 7.05 Å². The zero-order valence-corrected chi connectivity index (χ0v) is 10.2. The molecule has 1 heterocycles. The van der Waals surface area contributed by atoms with Gasteiger partial charge in [-0.3, -0.25) is 0 Å². The molecule has 0 spiro atoms. The first-order valence-corrected chi connectivity index (χ1v) is 5.63. The van der Waals surface area contributed by atoms with Crippen LogP contribution in [0.1, 0.15) is 18.1 Å². The summed E-state index contributed by atoms with van der Waals surface area (Å²) in [5, 5.41) is 1.25. The number of benzene rings is 1. The Balaban J connectivity index is 3.03. The molecule has 2 heteroatoms. The molecule has 0 unspecified atom stereocenters. The van der Waals surface area contributed by atoms with Gasteiger partial charge in [-0.1, -0.05) is 31.3 Å². The lowest BCUT2D eigenvalue weighted by Gasteiger charge is -2.10. The first-order chi connectivity index (χ1) is 7.15. The Labute approximate surface area is 95.4 Å². The van der Waals surface area contributed by atoms with E-state index < -0.39 is 0 Å². The van der Waals surface area contributed by atoms with E-state index in [-0.39, 0.29) is 0 Å². The molecule has 2 aromatic rings. The number of aromatic nitrogens is 1. The largest absolute Gasteiger partial charge is 0.350 e. The molecule has 1 aromatic heterocycles. The molecule has 0 N–H and O–H groups in total. The van der Waals surface area contributed by atoms with Crippen LogP contribution < -0.4 is 0 Å². The van der Waals surface area contributed by atoms with Crippen LogP contribution in [0.3, 0.4) is 0 Å². The van der Waals surface area contributed by atoms with Crippen LogP contribution in [-0.2, 0) is 13.5 Å². The molecule has 15 heavy (non-hydrogen) atoms. The Morgan fingerprint density at radius 3 is 2.73 bits per heavy atom. The summed E-state index contributed by atoms with van der Waals surface area (Å²) in [6, 6.07) is 6.40. The van der Waals surface area contributed by atoms with Gasteiger partial charge in [0.05, 0.1) is 4.51 Å². The van der Waals surface area contributed by atoms with Gasteiger partial charge in [0.1, 0.15) is 0 Å². The maximum atomic E-state index is 5.50. The molecule has 0 aliphatic rings. The fourth-order valence-corrected chi connectivity index (χ4v) is 2.34. The predicted octanol–water partition coefficient (Wildman–Crippen LogP) is 3.78. The predicted molar refractivity (Wildman–Crippen MR) is 67.9 cm³/mol. The molecule has 0 aliphatic heterocycles. The lowest BCUT2D eigenvalue weighted by molar-refractivity contribution is 0.939. The molecule has 0 saturated heterocycles. The number of aryl methyl sites for hydroxylation is 3. The topological polar surface area (TPSA) is 4.93 Å². The van der Waals surface area contributed by atoms with Gasteiger partial charge < -0.3 is 4.57 Å². The summed E-state index contributed by atoms with van der Waals surface area (Å²) in [5.41, 5.74) is 3.75. The van der Waals surface area contributed by atoms with Crippen LogP contribution >= 0.6 is 12.2 Å². The highest BCUT2D eigenvalue weighted by atomic mass is 32.1. The van der Waals surface area contributed by atoms with Crippen molar-refractivity contribution in [3.8, 4) is 0 Å². The maximum Gasteiger partial charge on any atom is 0.0516 e. The van der Waals surface area contributed by atoms with Crippen molar-refractivity contribution in [1.82, 2.24) is 4.57 Å². The summed E-state index contributed by atoms with van der Waals surface area (Å²) in [5.74, 6) is 0. The minimum Gasteiger partial charge on any atom is -0.350 e. The lowest BCUT2D eigenvalue weighted by Crippen LogP contribution is -1.97. The Morgan fingerprint density at radius 1 is 1.33 bits per heavy atom. The SMILES string of the molecule is CCc1cccc2c1c(=S)c(C)cn2C. The van der Waals surface area contributed by atoms with Crippen molar-refractivity contribution < 1.29 is 0 Å². The van der Waals surface area contributed by atoms with E-state index in [2.05, 4.69) is 49.9 Å². The van der Waals surface area contributed by atoms with Crippen LogP contribution in [0.25, 0.3) is 10.9 Å². The molecule has 1 nitrogen and oxygen atoms in total. The third kappa shape index (κ3) is 1.59. The zero-order chi connectivity index (χ0) is 11.0. The van der Waals surface area contributed by atoms with Gasteiger partial charge in [-0.25, -0.2) is 0 Å². The van der Waals surface area contributed by atoms with E-state index in [0.29, 0.717) is 0 Å². The van der Waals surface area contributed by atoms with E-state index in [1.807, 2.05) is 0 Å². The second-order valence-corrected chi connectivity index (χ2v) is 4.33. The number of fused-ring (bicyclic) bond motifs is 1. The van der Waals surface area contributed by atoms with Crippen LogP contribution in [0.15, 0.2) is 24.4 Å². The summed E-state index contributed by atoms with van der Waals surface area (Å²) < 4.78 is 3.15. The molecule has 78 valence electrons. The minimum absolute atomic E-state index is 1.00. The summed E-state index contributed by atoms with van der Waals surface area (Å²) in [7, 11) is 2.07. The second kappa shape index (κ2) is 3.78. The molecule has 0 radical (unpaired) electrons. The standard InChI is InChI=1S/C13H15NS/c1-4-10-6-5-7-11-12(10)13(15)9(2)8-14(11)3/h5-8H,4H2,1-3H3. The summed E-state index contributed by atoms with van der Waals surface area (Å²) in [4.78, 5) is 0. The number of nitrogens with zero attached hydrogens (tertiary/aromatic N) is 1. The molecule has 0 aliphatic carbocycles. The average molecular weight is 217 g/mol. The van der Waals surface area contributed by atoms with Crippen molar-refractivity contribution in [2.75, 3.05) is 0 Å². The highest BCUT2D eigenvalue weighted by Crippen LogP contribution is 2.22. The van der Waals surface area contributed by atoms with E-state index in [4.69, 9.17) is 12.2 Å². The fraction of sp³-hybridized carbons (Fsp3) is 0.308. The van der Waals surface area contributed by atoms with Gasteiger partial charge in [-0.15, -0.1) is 0 Å². The van der Waals surface area contributed by atoms with E-state index in [1.54, 1.807) is 0 Å². The number of pyridine rings is 1. The number of rotatable bonds is 1. The van der Waals surface area contributed by atoms with Crippen LogP contribution in [0, 0.1) is 11.4 Å². The van der Waals surface area contributed by atoms with Gasteiger partial charge in [0.2, 0.25) is 0 Å². The molecule has 0 bridgehead atoms. The Morgan fingerprint density at radius 2 is 2.07 bits per heavy atom. The third-order valence-corrected chi connectivity index (χ3v) is 3.39. The number of hydrogen-bond donors (Lipinski definition) is 0. The Kier molecular flexibility index (Phi) is 2.61. The fourth-order valence-electron chi connectivity index (χ4n) is 2.05. The van der Waals surface area contributed by atoms with E-state index in [9.17, 15) is 0 Å². The first kappa shape index (κ1) is 10.4. The smallest absolute Gasteiger partial charge is 0.0516 e. The monoisotopic (exact) mass is 217 g/mol. The number of hydrogen-bond acceptors (Lipinski definition) is 1. The molecule has 1 aromatic carbocycles. The quantitative estimate of drug-likeness (QED) is 0.658. The van der Waals surface area contributed by atoms with Crippen molar-refractivity contribution >= 4 is 23.1 Å². The first-order valence-electron chi connectivity index (χ1n) is 5.23. The van der Waals surface area contributed by atoms with Crippen molar-refractivity contribution in [3.63, 3.8) is 0 Å². The Hall–Kier alpha value is -1.15. The molecule has 2 rings (SSSR count). The average Bonchev–Trinajstić information content (AvgIpc) is 2.25. The molecule has 0 fully saturated rings. The van der Waals surface area contributed by atoms with Crippen LogP contribution in [0.2, 0.25) is 0 Å². The molecule has 0 amide bonds. The molecular formula is C13H15NS. The summed E-state index contributed by atoms with van der Waals surface area (Å²) >= 11 is 5.50. The molecular weight excluding hydrogens is 202 g/mol. The Bertz CT molecular complexity index is 566. The highest BCUT2D eigenvalue weighted by molar-refractivity contribution is 7.71.